The van der Waals surface area contributed by atoms with E-state index in [1.54, 1.807) is 18.7 Å². The van der Waals surface area contributed by atoms with Gasteiger partial charge >= 0.3 is 6.18 Å². The smallest absolute Gasteiger partial charge is 0.308 e. The number of hydrogen-bond acceptors (Lipinski definition) is 4. The molecule has 2 aromatic carbocycles. The number of carbonyl (C=O) groups excluding carboxylic acids is 1. The second kappa shape index (κ2) is 9.24. The number of carbonyl (C=O) groups is 1. The number of hydrogen-bond donors (Lipinski definition) is 0. The summed E-state index contributed by atoms with van der Waals surface area (Å²) in [5.41, 5.74) is 4.57. The van der Waals surface area contributed by atoms with Crippen LogP contribution in [0.1, 0.15) is 40.3 Å². The number of alkyl halides is 3. The van der Waals surface area contributed by atoms with Crippen molar-refractivity contribution in [3.63, 3.8) is 0 Å². The van der Waals surface area contributed by atoms with Gasteiger partial charge in [-0.2, -0.15) is 18.2 Å². The Balaban J connectivity index is 1.60. The van der Waals surface area contributed by atoms with Crippen LogP contribution >= 0.6 is 0 Å². The van der Waals surface area contributed by atoms with Gasteiger partial charge in [0.25, 0.3) is 11.6 Å². The van der Waals surface area contributed by atoms with E-state index in [4.69, 9.17) is 0 Å². The van der Waals surface area contributed by atoms with Gasteiger partial charge in [0.15, 0.2) is 0 Å². The van der Waals surface area contributed by atoms with E-state index in [0.29, 0.717) is 29.9 Å². The largest absolute Gasteiger partial charge is 0.453 e. The minimum Gasteiger partial charge on any atom is -0.308 e. The van der Waals surface area contributed by atoms with Gasteiger partial charge in [-0.15, -0.1) is 5.10 Å². The number of aryl methyl sites for hydroxylation is 3. The summed E-state index contributed by atoms with van der Waals surface area (Å²) in [6, 6.07) is 17.4. The first kappa shape index (κ1) is 23.4. The number of nitrogens with zero attached hydrogens (tertiary/aromatic N) is 5. The highest BCUT2D eigenvalue weighted by atomic mass is 19.4. The molecule has 0 saturated carbocycles. The molecular weight excluding hydrogens is 443 g/mol. The monoisotopic (exact) mass is 467 g/mol. The Labute approximate surface area is 195 Å². The van der Waals surface area contributed by atoms with E-state index in [1.807, 2.05) is 61.5 Å². The maximum absolute atomic E-state index is 13.4. The molecule has 0 aliphatic rings. The van der Waals surface area contributed by atoms with Crippen LogP contribution in [0.25, 0.3) is 5.78 Å². The number of fused-ring (bicyclic) bond motifs is 1. The Bertz CT molecular complexity index is 1310. The fourth-order valence-corrected chi connectivity index (χ4v) is 3.87. The van der Waals surface area contributed by atoms with Gasteiger partial charge < -0.3 is 4.90 Å². The molecule has 34 heavy (non-hydrogen) atoms. The predicted molar refractivity (Wildman–Crippen MR) is 122 cm³/mol. The zero-order chi connectivity index (χ0) is 24.5. The summed E-state index contributed by atoms with van der Waals surface area (Å²) in [7, 11) is 0. The lowest BCUT2D eigenvalue weighted by atomic mass is 10.1. The van der Waals surface area contributed by atoms with E-state index in [2.05, 4.69) is 15.1 Å². The number of amides is 1. The molecule has 2 heterocycles. The fourth-order valence-electron chi connectivity index (χ4n) is 3.87. The Morgan fingerprint density at radius 1 is 0.971 bits per heavy atom. The lowest BCUT2D eigenvalue weighted by Gasteiger charge is -2.24. The minimum atomic E-state index is -4.66. The van der Waals surface area contributed by atoms with Crippen LogP contribution in [-0.4, -0.2) is 25.5 Å². The summed E-state index contributed by atoms with van der Waals surface area (Å²) < 4.78 is 40.2. The summed E-state index contributed by atoms with van der Waals surface area (Å²) in [4.78, 5) is 22.8. The summed E-state index contributed by atoms with van der Waals surface area (Å²) >= 11 is 0. The maximum Gasteiger partial charge on any atom is 0.453 e. The third-order valence-electron chi connectivity index (χ3n) is 5.72. The lowest BCUT2D eigenvalue weighted by Crippen LogP contribution is -2.30. The number of benzene rings is 2. The van der Waals surface area contributed by atoms with Crippen molar-refractivity contribution in [2.75, 3.05) is 4.90 Å². The molecule has 0 radical (unpaired) electrons. The molecule has 0 unspecified atom stereocenters. The van der Waals surface area contributed by atoms with Crippen LogP contribution in [0.2, 0.25) is 0 Å². The molecule has 0 saturated heterocycles. The molecule has 0 N–H and O–H groups in total. The average molecular weight is 467 g/mol. The number of rotatable bonds is 6. The maximum atomic E-state index is 13.4. The van der Waals surface area contributed by atoms with Crippen LogP contribution in [0.15, 0.2) is 54.6 Å². The third kappa shape index (κ3) is 4.93. The van der Waals surface area contributed by atoms with Gasteiger partial charge in [-0.05, 0) is 50.5 Å². The summed E-state index contributed by atoms with van der Waals surface area (Å²) in [5, 5.41) is 3.58. The Morgan fingerprint density at radius 2 is 1.65 bits per heavy atom. The normalized spacial score (nSPS) is 11.7. The van der Waals surface area contributed by atoms with Gasteiger partial charge in [-0.1, -0.05) is 48.0 Å². The molecule has 4 aromatic rings. The first-order valence-corrected chi connectivity index (χ1v) is 10.8. The summed E-state index contributed by atoms with van der Waals surface area (Å²) in [6.07, 6.45) is -4.18. The average Bonchev–Trinajstić information content (AvgIpc) is 3.23. The minimum absolute atomic E-state index is 0.0961. The highest BCUT2D eigenvalue weighted by Crippen LogP contribution is 2.27. The molecule has 0 spiro atoms. The van der Waals surface area contributed by atoms with Crippen LogP contribution < -0.4 is 4.90 Å². The number of aromatic nitrogens is 4. The molecule has 0 atom stereocenters. The van der Waals surface area contributed by atoms with E-state index in [-0.39, 0.29) is 18.1 Å². The van der Waals surface area contributed by atoms with Crippen LogP contribution in [0, 0.1) is 20.8 Å². The first-order valence-electron chi connectivity index (χ1n) is 10.8. The summed E-state index contributed by atoms with van der Waals surface area (Å²) in [6.45, 7) is 5.76. The second-order valence-corrected chi connectivity index (χ2v) is 8.21. The first-order chi connectivity index (χ1) is 16.1. The van der Waals surface area contributed by atoms with Gasteiger partial charge in [0.1, 0.15) is 0 Å². The van der Waals surface area contributed by atoms with Crippen molar-refractivity contribution in [1.82, 2.24) is 19.6 Å². The third-order valence-corrected chi connectivity index (χ3v) is 5.72. The highest BCUT2D eigenvalue weighted by Gasteiger charge is 2.37. The van der Waals surface area contributed by atoms with Crippen molar-refractivity contribution < 1.29 is 18.0 Å². The van der Waals surface area contributed by atoms with Gasteiger partial charge in [-0.3, -0.25) is 4.79 Å². The van der Waals surface area contributed by atoms with Gasteiger partial charge in [0.2, 0.25) is 5.91 Å². The molecule has 4 rings (SSSR count). The molecule has 0 fully saturated rings. The Hall–Kier alpha value is -3.75. The van der Waals surface area contributed by atoms with Crippen LogP contribution in [0.3, 0.4) is 0 Å². The zero-order valence-corrected chi connectivity index (χ0v) is 19.1. The van der Waals surface area contributed by atoms with Crippen molar-refractivity contribution in [3.8, 4) is 0 Å². The van der Waals surface area contributed by atoms with Crippen molar-refractivity contribution in [1.29, 1.82) is 0 Å². The molecule has 0 aliphatic heterocycles. The molecule has 176 valence electrons. The van der Waals surface area contributed by atoms with Gasteiger partial charge in [0.05, 0.1) is 6.54 Å². The summed E-state index contributed by atoms with van der Waals surface area (Å²) in [5.74, 6) is -1.44. The zero-order valence-electron chi connectivity index (χ0n) is 19.1. The molecule has 9 heteroatoms. The van der Waals surface area contributed by atoms with E-state index < -0.39 is 12.0 Å². The second-order valence-electron chi connectivity index (χ2n) is 8.21. The quantitative estimate of drug-likeness (QED) is 0.389. The van der Waals surface area contributed by atoms with Crippen molar-refractivity contribution >= 4 is 17.4 Å². The van der Waals surface area contributed by atoms with Gasteiger partial charge in [0, 0.05) is 23.5 Å². The lowest BCUT2D eigenvalue weighted by molar-refractivity contribution is -0.144. The van der Waals surface area contributed by atoms with Crippen molar-refractivity contribution in [3.05, 3.63) is 88.5 Å². The highest BCUT2D eigenvalue weighted by molar-refractivity contribution is 5.93. The van der Waals surface area contributed by atoms with E-state index >= 15 is 0 Å². The van der Waals surface area contributed by atoms with Crippen LogP contribution in [-0.2, 0) is 23.9 Å². The topological polar surface area (TPSA) is 63.4 Å². The number of anilines is 1. The Kier molecular flexibility index (Phi) is 6.37. The molecule has 0 aliphatic carbocycles. The SMILES string of the molecule is Cc1ccc(N(Cc2ccccc2)C(=O)CCc2c(C)nc3nc(C(F)(F)F)nn3c2C)cc1. The van der Waals surface area contributed by atoms with Crippen molar-refractivity contribution in [2.45, 2.75) is 46.3 Å². The Morgan fingerprint density at radius 3 is 2.29 bits per heavy atom. The molecule has 6 nitrogen and oxygen atoms in total. The molecule has 2 aromatic heterocycles. The van der Waals surface area contributed by atoms with Crippen LogP contribution in [0.5, 0.6) is 0 Å². The fraction of sp³-hybridized carbons (Fsp3) is 0.280. The van der Waals surface area contributed by atoms with E-state index in [1.165, 1.54) is 0 Å². The van der Waals surface area contributed by atoms with Gasteiger partial charge in [-0.25, -0.2) is 9.50 Å². The number of halogens is 3. The predicted octanol–water partition coefficient (Wildman–Crippen LogP) is 5.23. The standard InChI is InChI=1S/C25H24F3N5O/c1-16-9-11-20(12-10-16)32(15-19-7-5-4-6-8-19)22(34)14-13-21-17(2)29-24-30-23(25(26,27)28)31-33(24)18(21)3/h4-12H,13-15H2,1-3H3. The molecule has 1 amide bonds. The van der Waals surface area contributed by atoms with Crippen molar-refractivity contribution in [2.24, 2.45) is 0 Å². The molecular formula is C25H24F3N5O. The molecule has 0 bridgehead atoms. The van der Waals surface area contributed by atoms with E-state index in [9.17, 15) is 18.0 Å². The van der Waals surface area contributed by atoms with Crippen LogP contribution in [0.4, 0.5) is 18.9 Å². The van der Waals surface area contributed by atoms with E-state index in [0.717, 1.165) is 21.3 Å².